The lowest BCUT2D eigenvalue weighted by Gasteiger charge is -2.41. The summed E-state index contributed by atoms with van der Waals surface area (Å²) in [4.78, 5) is 13.1. The molecule has 1 saturated heterocycles. The number of aliphatic hydroxyl groups excluding tert-OH is 1. The van der Waals surface area contributed by atoms with Crippen LogP contribution in [0.25, 0.3) is 0 Å². The van der Waals surface area contributed by atoms with E-state index in [0.717, 1.165) is 57.8 Å². The lowest BCUT2D eigenvalue weighted by atomic mass is 10.1. The van der Waals surface area contributed by atoms with Crippen LogP contribution in [0.4, 0.5) is 0 Å². The second-order valence-electron chi connectivity index (χ2n) is 7.63. The Kier molecular flexibility index (Phi) is 7.87. The summed E-state index contributed by atoms with van der Waals surface area (Å²) in [5.41, 5.74) is 2.60. The van der Waals surface area contributed by atoms with Gasteiger partial charge in [-0.3, -0.25) is 9.80 Å². The average molecular weight is 371 g/mol. The summed E-state index contributed by atoms with van der Waals surface area (Å²) in [5, 5.41) is 9.52. The maximum absolute atomic E-state index is 9.52. The number of nitrogens with zero attached hydrogens (tertiary/aromatic N) is 3. The van der Waals surface area contributed by atoms with Crippen molar-refractivity contribution in [2.75, 3.05) is 32.8 Å². The Bertz CT molecular complexity index is 657. The monoisotopic (exact) mass is 370 g/mol. The van der Waals surface area contributed by atoms with Crippen molar-refractivity contribution in [2.24, 2.45) is 0 Å². The Morgan fingerprint density at radius 1 is 1.19 bits per heavy atom. The van der Waals surface area contributed by atoms with Crippen LogP contribution in [0.15, 0.2) is 36.5 Å². The fourth-order valence-corrected chi connectivity index (χ4v) is 3.93. The molecule has 2 aromatic rings. The maximum Gasteiger partial charge on any atom is 0.106 e. The van der Waals surface area contributed by atoms with Crippen molar-refractivity contribution in [1.82, 2.24) is 19.8 Å². The maximum atomic E-state index is 9.52. The molecule has 5 heteroatoms. The lowest BCUT2D eigenvalue weighted by molar-refractivity contribution is 0.0556. The number of aromatic nitrogens is 2. The quantitative estimate of drug-likeness (QED) is 0.675. The van der Waals surface area contributed by atoms with E-state index in [2.05, 4.69) is 57.0 Å². The number of piperazine rings is 1. The third kappa shape index (κ3) is 6.16. The minimum atomic E-state index is 0.256. The van der Waals surface area contributed by atoms with E-state index in [1.807, 2.05) is 6.20 Å². The van der Waals surface area contributed by atoms with Crippen LogP contribution in [0, 0.1) is 0 Å². The van der Waals surface area contributed by atoms with E-state index in [-0.39, 0.29) is 6.61 Å². The minimum absolute atomic E-state index is 0.256. The molecule has 0 saturated carbocycles. The topological polar surface area (TPSA) is 55.4 Å². The first kappa shape index (κ1) is 20.1. The summed E-state index contributed by atoms with van der Waals surface area (Å²) in [7, 11) is 0. The summed E-state index contributed by atoms with van der Waals surface area (Å²) in [6, 6.07) is 11.1. The molecular weight excluding hydrogens is 336 g/mol. The zero-order valence-corrected chi connectivity index (χ0v) is 16.6. The molecule has 0 spiro atoms. The average Bonchev–Trinajstić information content (AvgIpc) is 3.14. The van der Waals surface area contributed by atoms with Crippen molar-refractivity contribution in [2.45, 2.75) is 51.6 Å². The van der Waals surface area contributed by atoms with Crippen molar-refractivity contribution < 1.29 is 5.11 Å². The first-order valence-electron chi connectivity index (χ1n) is 10.4. The lowest BCUT2D eigenvalue weighted by Crippen LogP contribution is -2.53. The van der Waals surface area contributed by atoms with Gasteiger partial charge < -0.3 is 10.1 Å². The fraction of sp³-hybridized carbons (Fsp3) is 0.591. The van der Waals surface area contributed by atoms with Gasteiger partial charge in [0, 0.05) is 63.7 Å². The van der Waals surface area contributed by atoms with Gasteiger partial charge in [0.2, 0.25) is 0 Å². The second-order valence-corrected chi connectivity index (χ2v) is 7.63. The molecule has 1 fully saturated rings. The SMILES string of the molecule is CCCCc1ncc(CN2CCN(CCc3ccccc3)[C@H](CCO)C2)[nH]1. The van der Waals surface area contributed by atoms with Crippen molar-refractivity contribution in [3.63, 3.8) is 0 Å². The zero-order chi connectivity index (χ0) is 18.9. The molecule has 1 aromatic carbocycles. The first-order chi connectivity index (χ1) is 13.3. The molecule has 1 aliphatic heterocycles. The standard InChI is InChI=1S/C22H34N4O/c1-2-3-9-22-23-16-20(24-22)17-25-13-14-26(21(18-25)11-15-27)12-10-19-7-5-4-6-8-19/h4-8,16,21,27H,2-3,9-15,17-18H2,1H3,(H,23,24)/t21-/m1/s1. The van der Waals surface area contributed by atoms with Gasteiger partial charge in [-0.1, -0.05) is 43.7 Å². The number of benzene rings is 1. The second kappa shape index (κ2) is 10.6. The summed E-state index contributed by atoms with van der Waals surface area (Å²) in [6.07, 6.45) is 7.33. The smallest absolute Gasteiger partial charge is 0.106 e. The van der Waals surface area contributed by atoms with Gasteiger partial charge in [-0.05, 0) is 24.8 Å². The number of nitrogens with one attached hydrogen (secondary N) is 1. The predicted octanol–water partition coefficient (Wildman–Crippen LogP) is 2.86. The van der Waals surface area contributed by atoms with Crippen LogP contribution in [-0.4, -0.2) is 63.7 Å². The van der Waals surface area contributed by atoms with Crippen LogP contribution in [0.1, 0.15) is 43.3 Å². The molecule has 0 unspecified atom stereocenters. The number of rotatable bonds is 10. The van der Waals surface area contributed by atoms with Crippen LogP contribution < -0.4 is 0 Å². The van der Waals surface area contributed by atoms with Crippen molar-refractivity contribution in [1.29, 1.82) is 0 Å². The van der Waals surface area contributed by atoms with Crippen LogP contribution >= 0.6 is 0 Å². The van der Waals surface area contributed by atoms with Crippen LogP contribution in [0.5, 0.6) is 0 Å². The number of aliphatic hydroxyl groups is 1. The molecule has 3 rings (SSSR count). The van der Waals surface area contributed by atoms with Crippen LogP contribution in [0.2, 0.25) is 0 Å². The molecular formula is C22H34N4O. The van der Waals surface area contributed by atoms with Crippen molar-refractivity contribution in [3.05, 3.63) is 53.6 Å². The van der Waals surface area contributed by atoms with Gasteiger partial charge in [0.25, 0.3) is 0 Å². The molecule has 0 amide bonds. The largest absolute Gasteiger partial charge is 0.396 e. The summed E-state index contributed by atoms with van der Waals surface area (Å²) in [5.74, 6) is 1.11. The van der Waals surface area contributed by atoms with E-state index in [4.69, 9.17) is 0 Å². The molecule has 148 valence electrons. The van der Waals surface area contributed by atoms with Crippen LogP contribution in [-0.2, 0) is 19.4 Å². The van der Waals surface area contributed by atoms with Gasteiger partial charge in [-0.25, -0.2) is 4.98 Å². The highest BCUT2D eigenvalue weighted by molar-refractivity contribution is 5.15. The predicted molar refractivity (Wildman–Crippen MR) is 110 cm³/mol. The normalized spacial score (nSPS) is 18.8. The molecule has 1 aromatic heterocycles. The Labute approximate surface area is 163 Å². The molecule has 0 radical (unpaired) electrons. The molecule has 2 heterocycles. The molecule has 5 nitrogen and oxygen atoms in total. The summed E-state index contributed by atoms with van der Waals surface area (Å²) >= 11 is 0. The number of unbranched alkanes of at least 4 members (excludes halogenated alkanes) is 1. The highest BCUT2D eigenvalue weighted by Gasteiger charge is 2.26. The van der Waals surface area contributed by atoms with Crippen LogP contribution in [0.3, 0.4) is 0 Å². The number of aryl methyl sites for hydroxylation is 1. The number of H-pyrrole nitrogens is 1. The highest BCUT2D eigenvalue weighted by atomic mass is 16.3. The zero-order valence-electron chi connectivity index (χ0n) is 16.6. The van der Waals surface area contributed by atoms with E-state index in [9.17, 15) is 5.11 Å². The van der Waals surface area contributed by atoms with Gasteiger partial charge in [-0.2, -0.15) is 0 Å². The summed E-state index contributed by atoms with van der Waals surface area (Å²) < 4.78 is 0. The first-order valence-corrected chi connectivity index (χ1v) is 10.4. The molecule has 1 atom stereocenters. The van der Waals surface area contributed by atoms with E-state index < -0.39 is 0 Å². The summed E-state index contributed by atoms with van der Waals surface area (Å²) in [6.45, 7) is 7.60. The molecule has 0 aliphatic carbocycles. The van der Waals surface area contributed by atoms with E-state index in [1.165, 1.54) is 24.1 Å². The Morgan fingerprint density at radius 3 is 2.81 bits per heavy atom. The van der Waals surface area contributed by atoms with Gasteiger partial charge in [0.05, 0.1) is 0 Å². The molecule has 27 heavy (non-hydrogen) atoms. The number of aromatic amines is 1. The molecule has 0 bridgehead atoms. The Hall–Kier alpha value is -1.69. The van der Waals surface area contributed by atoms with Crippen molar-refractivity contribution >= 4 is 0 Å². The number of hydrogen-bond acceptors (Lipinski definition) is 4. The Balaban J connectivity index is 1.51. The van der Waals surface area contributed by atoms with E-state index >= 15 is 0 Å². The third-order valence-corrected chi connectivity index (χ3v) is 5.52. The Morgan fingerprint density at radius 2 is 2.04 bits per heavy atom. The number of imidazole rings is 1. The van der Waals surface area contributed by atoms with E-state index in [1.54, 1.807) is 0 Å². The highest BCUT2D eigenvalue weighted by Crippen LogP contribution is 2.16. The van der Waals surface area contributed by atoms with Gasteiger partial charge in [0.1, 0.15) is 5.82 Å². The molecule has 1 aliphatic rings. The number of hydrogen-bond donors (Lipinski definition) is 2. The van der Waals surface area contributed by atoms with E-state index in [0.29, 0.717) is 6.04 Å². The van der Waals surface area contributed by atoms with Crippen molar-refractivity contribution in [3.8, 4) is 0 Å². The third-order valence-electron chi connectivity index (χ3n) is 5.52. The molecule has 2 N–H and O–H groups in total. The fourth-order valence-electron chi connectivity index (χ4n) is 3.93. The van der Waals surface area contributed by atoms with Gasteiger partial charge in [0.15, 0.2) is 0 Å². The van der Waals surface area contributed by atoms with Gasteiger partial charge in [-0.15, -0.1) is 0 Å². The van der Waals surface area contributed by atoms with Gasteiger partial charge >= 0.3 is 0 Å². The minimum Gasteiger partial charge on any atom is -0.396 e.